The lowest BCUT2D eigenvalue weighted by Crippen LogP contribution is -2.28. The first-order valence-corrected chi connectivity index (χ1v) is 8.58. The van der Waals surface area contributed by atoms with Crippen LogP contribution in [0, 0.1) is 0 Å². The van der Waals surface area contributed by atoms with Gasteiger partial charge >= 0.3 is 0 Å². The fourth-order valence-corrected chi connectivity index (χ4v) is 3.67. The van der Waals surface area contributed by atoms with Gasteiger partial charge in [0.1, 0.15) is 11.4 Å². The van der Waals surface area contributed by atoms with Gasteiger partial charge in [0, 0.05) is 11.4 Å². The van der Waals surface area contributed by atoms with E-state index in [4.69, 9.17) is 4.52 Å². The second kappa shape index (κ2) is 5.90. The van der Waals surface area contributed by atoms with E-state index in [9.17, 15) is 8.42 Å². The third kappa shape index (κ3) is 3.18. The molecule has 0 bridgehead atoms. The Morgan fingerprint density at radius 2 is 1.77 bits per heavy atom. The number of hydrogen-bond acceptors (Lipinski definition) is 4. The van der Waals surface area contributed by atoms with Crippen molar-refractivity contribution in [1.82, 2.24) is 9.88 Å². The molecular weight excluding hydrogens is 300 g/mol. The SMILES string of the molecule is CC(NS(=O)(=O)Cc1noc2ccccc12)c1ccccc1. The molecule has 0 saturated heterocycles. The van der Waals surface area contributed by atoms with Crippen LogP contribution >= 0.6 is 0 Å². The van der Waals surface area contributed by atoms with Crippen molar-refractivity contribution < 1.29 is 12.9 Å². The lowest BCUT2D eigenvalue weighted by atomic mass is 10.1. The molecule has 0 aliphatic heterocycles. The van der Waals surface area contributed by atoms with Crippen molar-refractivity contribution in [3.63, 3.8) is 0 Å². The van der Waals surface area contributed by atoms with Crippen LogP contribution in [0.25, 0.3) is 11.0 Å². The van der Waals surface area contributed by atoms with Crippen molar-refractivity contribution in [3.8, 4) is 0 Å². The van der Waals surface area contributed by atoms with Crippen molar-refractivity contribution in [2.24, 2.45) is 0 Å². The Hall–Kier alpha value is -2.18. The van der Waals surface area contributed by atoms with Gasteiger partial charge in [0.05, 0.1) is 0 Å². The van der Waals surface area contributed by atoms with Gasteiger partial charge in [-0.2, -0.15) is 0 Å². The molecule has 0 amide bonds. The Kier molecular flexibility index (Phi) is 3.96. The molecular formula is C16H16N2O3S. The molecule has 1 aromatic heterocycles. The Labute approximate surface area is 129 Å². The highest BCUT2D eigenvalue weighted by atomic mass is 32.2. The molecule has 1 N–H and O–H groups in total. The average Bonchev–Trinajstić information content (AvgIpc) is 2.90. The molecule has 2 aromatic carbocycles. The average molecular weight is 316 g/mol. The van der Waals surface area contributed by atoms with E-state index in [-0.39, 0.29) is 11.8 Å². The van der Waals surface area contributed by atoms with Crippen LogP contribution in [0.5, 0.6) is 0 Å². The summed E-state index contributed by atoms with van der Waals surface area (Å²) >= 11 is 0. The summed E-state index contributed by atoms with van der Waals surface area (Å²) < 4.78 is 32.5. The minimum absolute atomic E-state index is 0.207. The van der Waals surface area contributed by atoms with E-state index in [1.807, 2.05) is 49.4 Å². The summed E-state index contributed by atoms with van der Waals surface area (Å²) in [6.45, 7) is 1.81. The third-order valence-electron chi connectivity index (χ3n) is 3.43. The van der Waals surface area contributed by atoms with Gasteiger partial charge in [-0.1, -0.05) is 47.6 Å². The summed E-state index contributed by atoms with van der Waals surface area (Å²) in [6.07, 6.45) is 0. The number of hydrogen-bond donors (Lipinski definition) is 1. The van der Waals surface area contributed by atoms with Gasteiger partial charge in [-0.05, 0) is 24.6 Å². The zero-order chi connectivity index (χ0) is 15.6. The Morgan fingerprint density at radius 1 is 1.09 bits per heavy atom. The third-order valence-corrected chi connectivity index (χ3v) is 4.80. The second-order valence-corrected chi connectivity index (χ2v) is 6.89. The van der Waals surface area contributed by atoms with E-state index < -0.39 is 10.0 Å². The molecule has 3 rings (SSSR count). The predicted octanol–water partition coefficient (Wildman–Crippen LogP) is 3.01. The Balaban J connectivity index is 1.79. The van der Waals surface area contributed by atoms with E-state index in [1.165, 1.54) is 0 Å². The van der Waals surface area contributed by atoms with Crippen molar-refractivity contribution in [2.75, 3.05) is 0 Å². The number of benzene rings is 2. The van der Waals surface area contributed by atoms with Crippen LogP contribution in [0.3, 0.4) is 0 Å². The molecule has 0 aliphatic rings. The summed E-state index contributed by atoms with van der Waals surface area (Å²) in [5, 5.41) is 4.59. The first-order chi connectivity index (χ1) is 10.6. The number of para-hydroxylation sites is 1. The van der Waals surface area contributed by atoms with Crippen LogP contribution < -0.4 is 4.72 Å². The lowest BCUT2D eigenvalue weighted by molar-refractivity contribution is 0.448. The molecule has 0 radical (unpaired) electrons. The van der Waals surface area contributed by atoms with Gasteiger partial charge in [0.15, 0.2) is 5.58 Å². The summed E-state index contributed by atoms with van der Waals surface area (Å²) in [5.74, 6) is -0.207. The molecule has 22 heavy (non-hydrogen) atoms. The molecule has 3 aromatic rings. The minimum Gasteiger partial charge on any atom is -0.356 e. The molecule has 1 atom stereocenters. The van der Waals surface area contributed by atoms with Gasteiger partial charge in [-0.3, -0.25) is 0 Å². The molecule has 1 unspecified atom stereocenters. The van der Waals surface area contributed by atoms with Crippen molar-refractivity contribution >= 4 is 21.0 Å². The Morgan fingerprint density at radius 3 is 2.55 bits per heavy atom. The maximum atomic E-state index is 12.3. The van der Waals surface area contributed by atoms with E-state index in [1.54, 1.807) is 12.1 Å². The molecule has 0 spiro atoms. The lowest BCUT2D eigenvalue weighted by Gasteiger charge is -2.13. The number of fused-ring (bicyclic) bond motifs is 1. The van der Waals surface area contributed by atoms with E-state index in [0.717, 1.165) is 10.9 Å². The minimum atomic E-state index is -3.52. The topological polar surface area (TPSA) is 72.2 Å². The zero-order valence-electron chi connectivity index (χ0n) is 12.1. The monoisotopic (exact) mass is 316 g/mol. The largest absolute Gasteiger partial charge is 0.356 e. The molecule has 0 aliphatic carbocycles. The van der Waals surface area contributed by atoms with Crippen molar-refractivity contribution in [1.29, 1.82) is 0 Å². The molecule has 5 nitrogen and oxygen atoms in total. The number of rotatable bonds is 5. The van der Waals surface area contributed by atoms with E-state index in [2.05, 4.69) is 9.88 Å². The van der Waals surface area contributed by atoms with Gasteiger partial charge < -0.3 is 4.52 Å². The molecule has 1 heterocycles. The molecule has 6 heteroatoms. The highest BCUT2D eigenvalue weighted by Crippen LogP contribution is 2.20. The molecule has 0 saturated carbocycles. The molecule has 0 fully saturated rings. The van der Waals surface area contributed by atoms with Crippen molar-refractivity contribution in [2.45, 2.75) is 18.7 Å². The van der Waals surface area contributed by atoms with E-state index >= 15 is 0 Å². The predicted molar refractivity (Wildman–Crippen MR) is 84.6 cm³/mol. The van der Waals surface area contributed by atoms with Gasteiger partial charge in [0.2, 0.25) is 10.0 Å². The standard InChI is InChI=1S/C16H16N2O3S/c1-12(13-7-3-2-4-8-13)18-22(19,20)11-15-14-9-5-6-10-16(14)21-17-15/h2-10,12,18H,11H2,1H3. The van der Waals surface area contributed by atoms with Gasteiger partial charge in [-0.25, -0.2) is 13.1 Å². The van der Waals surface area contributed by atoms with Crippen LogP contribution in [-0.4, -0.2) is 13.6 Å². The summed E-state index contributed by atoms with van der Waals surface area (Å²) in [7, 11) is -3.52. The molecule has 114 valence electrons. The Bertz CT molecular complexity index is 873. The fourth-order valence-electron chi connectivity index (χ4n) is 2.34. The normalized spacial score (nSPS) is 13.3. The van der Waals surface area contributed by atoms with Crippen LogP contribution in [0.15, 0.2) is 59.1 Å². The van der Waals surface area contributed by atoms with Crippen LogP contribution in [0.1, 0.15) is 24.2 Å². The maximum absolute atomic E-state index is 12.3. The van der Waals surface area contributed by atoms with Gasteiger partial charge in [0.25, 0.3) is 0 Å². The smallest absolute Gasteiger partial charge is 0.218 e. The highest BCUT2D eigenvalue weighted by Gasteiger charge is 2.20. The highest BCUT2D eigenvalue weighted by molar-refractivity contribution is 7.88. The summed E-state index contributed by atoms with van der Waals surface area (Å²) in [5.41, 5.74) is 1.92. The van der Waals surface area contributed by atoms with Gasteiger partial charge in [-0.15, -0.1) is 0 Å². The van der Waals surface area contributed by atoms with E-state index in [0.29, 0.717) is 11.3 Å². The van der Waals surface area contributed by atoms with Crippen LogP contribution in [-0.2, 0) is 15.8 Å². The maximum Gasteiger partial charge on any atom is 0.218 e. The first-order valence-electron chi connectivity index (χ1n) is 6.93. The number of nitrogens with zero attached hydrogens (tertiary/aromatic N) is 1. The number of sulfonamides is 1. The summed E-state index contributed by atoms with van der Waals surface area (Å²) in [4.78, 5) is 0. The first kappa shape index (κ1) is 14.7. The fraction of sp³-hybridized carbons (Fsp3) is 0.188. The quantitative estimate of drug-likeness (QED) is 0.785. The van der Waals surface area contributed by atoms with Crippen molar-refractivity contribution in [3.05, 3.63) is 65.9 Å². The second-order valence-electron chi connectivity index (χ2n) is 5.13. The number of aromatic nitrogens is 1. The summed E-state index contributed by atoms with van der Waals surface area (Å²) in [6, 6.07) is 16.3. The number of nitrogens with one attached hydrogen (secondary N) is 1. The van der Waals surface area contributed by atoms with Crippen LogP contribution in [0.4, 0.5) is 0 Å². The van der Waals surface area contributed by atoms with Crippen LogP contribution in [0.2, 0.25) is 0 Å². The zero-order valence-corrected chi connectivity index (χ0v) is 12.9.